The number of nitrogens with one attached hydrogen (secondary N) is 1. The van der Waals surface area contributed by atoms with E-state index in [1.54, 1.807) is 24.8 Å². The molecule has 3 aromatic rings. The lowest BCUT2D eigenvalue weighted by atomic mass is 9.73. The molecule has 0 unspecified atom stereocenters. The second-order valence-corrected chi connectivity index (χ2v) is 13.6. The molecular formula is C30H39ClN10OS. The van der Waals surface area contributed by atoms with Crippen molar-refractivity contribution in [2.75, 3.05) is 55.4 Å². The quantitative estimate of drug-likeness (QED) is 0.390. The average molecular weight is 623 g/mol. The largest absolute Gasteiger partial charge is 0.355 e. The van der Waals surface area contributed by atoms with E-state index in [1.165, 1.54) is 11.8 Å². The van der Waals surface area contributed by atoms with Gasteiger partial charge in [0.1, 0.15) is 22.4 Å². The van der Waals surface area contributed by atoms with Crippen molar-refractivity contribution >= 4 is 52.5 Å². The van der Waals surface area contributed by atoms with Crippen LogP contribution >= 0.6 is 23.4 Å². The van der Waals surface area contributed by atoms with Gasteiger partial charge in [-0.05, 0) is 57.3 Å². The van der Waals surface area contributed by atoms with Crippen molar-refractivity contribution in [3.8, 4) is 0 Å². The summed E-state index contributed by atoms with van der Waals surface area (Å²) in [4.78, 5) is 42.9. The molecule has 5 heterocycles. The van der Waals surface area contributed by atoms with E-state index >= 15 is 0 Å². The molecule has 3 aliphatic rings. The molecule has 228 valence electrons. The Kier molecular flexibility index (Phi) is 8.72. The lowest BCUT2D eigenvalue weighted by Gasteiger charge is -2.42. The number of nitrogens with zero attached hydrogens (tertiary/aromatic N) is 8. The molecule has 3 aromatic heterocycles. The van der Waals surface area contributed by atoms with Gasteiger partial charge in [-0.25, -0.2) is 19.9 Å². The molecule has 1 spiro atoms. The third-order valence-corrected chi connectivity index (χ3v) is 10.9. The van der Waals surface area contributed by atoms with Gasteiger partial charge in [0.2, 0.25) is 5.95 Å². The van der Waals surface area contributed by atoms with Crippen LogP contribution in [0.3, 0.4) is 0 Å². The predicted octanol–water partition coefficient (Wildman–Crippen LogP) is 4.26. The highest BCUT2D eigenvalue weighted by molar-refractivity contribution is 7.99. The fourth-order valence-corrected chi connectivity index (χ4v) is 7.58. The van der Waals surface area contributed by atoms with Crippen LogP contribution < -0.4 is 20.9 Å². The summed E-state index contributed by atoms with van der Waals surface area (Å²) in [6.45, 7) is 5.44. The number of carbonyl (C=O) groups is 1. The number of Topliss-reactive ketones (excluding diaryl/α,β-unsaturated/α-hetero) is 1. The molecule has 2 saturated heterocycles. The third kappa shape index (κ3) is 6.29. The fraction of sp³-hybridized carbons (Fsp3) is 0.533. The number of carbonyl (C=O) groups excluding carboxylic acids is 1. The van der Waals surface area contributed by atoms with Gasteiger partial charge in [0, 0.05) is 67.9 Å². The standard InChI is InChI=1S/C30H39ClN10OS/c1-19-21(42)16-30(27(19)32)8-14-40(15-9-30)24-17-36-25(18-35-24)43-22-4-10-33-28(26(22)31)37-23-5-11-34-29(38-23)41-12-6-20(7-13-41)39(2)3/h4-5,10-11,17-20,27H,6-9,12-16,32H2,1-3H3,(H,33,34,37,38)/t19-,27+/m1/s1. The van der Waals surface area contributed by atoms with Gasteiger partial charge < -0.3 is 25.8 Å². The smallest absolute Gasteiger partial charge is 0.227 e. The van der Waals surface area contributed by atoms with Crippen molar-refractivity contribution < 1.29 is 4.79 Å². The number of halogens is 1. The van der Waals surface area contributed by atoms with Crippen molar-refractivity contribution in [2.24, 2.45) is 17.1 Å². The predicted molar refractivity (Wildman–Crippen MR) is 170 cm³/mol. The maximum Gasteiger partial charge on any atom is 0.227 e. The monoisotopic (exact) mass is 622 g/mol. The lowest BCUT2D eigenvalue weighted by Crippen LogP contribution is -2.48. The number of aromatic nitrogens is 5. The van der Waals surface area contributed by atoms with E-state index in [0.717, 1.165) is 67.6 Å². The first-order valence-electron chi connectivity index (χ1n) is 14.9. The number of hydrogen-bond donors (Lipinski definition) is 2. The first kappa shape index (κ1) is 30.0. The highest BCUT2D eigenvalue weighted by Gasteiger charge is 2.50. The van der Waals surface area contributed by atoms with Crippen molar-refractivity contribution in [3.63, 3.8) is 0 Å². The molecule has 1 aliphatic carbocycles. The van der Waals surface area contributed by atoms with Crippen LogP contribution in [-0.4, -0.2) is 88.0 Å². The first-order chi connectivity index (χ1) is 20.7. The molecule has 3 fully saturated rings. The van der Waals surface area contributed by atoms with Crippen LogP contribution in [0.15, 0.2) is 46.8 Å². The summed E-state index contributed by atoms with van der Waals surface area (Å²) in [7, 11) is 4.27. The van der Waals surface area contributed by atoms with Gasteiger partial charge in [-0.1, -0.05) is 30.3 Å². The zero-order valence-electron chi connectivity index (χ0n) is 24.9. The van der Waals surface area contributed by atoms with Gasteiger partial charge in [0.05, 0.1) is 17.4 Å². The van der Waals surface area contributed by atoms with Gasteiger partial charge in [-0.3, -0.25) is 4.79 Å². The molecule has 2 atom stereocenters. The average Bonchev–Trinajstić information content (AvgIpc) is 3.23. The summed E-state index contributed by atoms with van der Waals surface area (Å²) in [5.74, 6) is 2.95. The van der Waals surface area contributed by atoms with E-state index < -0.39 is 0 Å². The highest BCUT2D eigenvalue weighted by Crippen LogP contribution is 2.46. The Morgan fingerprint density at radius 2 is 1.77 bits per heavy atom. The molecule has 0 amide bonds. The van der Waals surface area contributed by atoms with E-state index in [2.05, 4.69) is 49.1 Å². The van der Waals surface area contributed by atoms with Gasteiger partial charge in [0.25, 0.3) is 0 Å². The van der Waals surface area contributed by atoms with E-state index in [-0.39, 0.29) is 17.4 Å². The molecule has 6 rings (SSSR count). The van der Waals surface area contributed by atoms with Crippen LogP contribution in [0.1, 0.15) is 39.0 Å². The Balaban J connectivity index is 1.07. The highest BCUT2D eigenvalue weighted by atomic mass is 35.5. The summed E-state index contributed by atoms with van der Waals surface area (Å²) >= 11 is 8.23. The zero-order valence-corrected chi connectivity index (χ0v) is 26.5. The molecular weight excluding hydrogens is 584 g/mol. The maximum atomic E-state index is 12.3. The molecule has 2 aliphatic heterocycles. The lowest BCUT2D eigenvalue weighted by molar-refractivity contribution is -0.120. The van der Waals surface area contributed by atoms with Crippen LogP contribution in [-0.2, 0) is 4.79 Å². The molecule has 3 N–H and O–H groups in total. The second-order valence-electron chi connectivity index (χ2n) is 12.1. The normalized spacial score (nSPS) is 22.5. The van der Waals surface area contributed by atoms with Gasteiger partial charge in [-0.2, -0.15) is 4.98 Å². The Bertz CT molecular complexity index is 1440. The SMILES string of the molecule is C[C@@H]1C(=O)CC2(CCN(c3cnc(Sc4ccnc(Nc5ccnc(N6CCC(N(C)C)CC6)n5)c4Cl)cn3)CC2)[C@H]1N. The number of ketones is 1. The summed E-state index contributed by atoms with van der Waals surface area (Å²) in [6, 6.07) is 4.22. The summed E-state index contributed by atoms with van der Waals surface area (Å²) < 4.78 is 0. The number of anilines is 4. The molecule has 13 heteroatoms. The molecule has 11 nitrogen and oxygen atoms in total. The molecule has 0 radical (unpaired) electrons. The van der Waals surface area contributed by atoms with E-state index in [4.69, 9.17) is 27.3 Å². The molecule has 0 bridgehead atoms. The molecule has 0 aromatic carbocycles. The third-order valence-electron chi connectivity index (χ3n) is 9.41. The van der Waals surface area contributed by atoms with E-state index in [9.17, 15) is 4.79 Å². The van der Waals surface area contributed by atoms with Gasteiger partial charge in [-0.15, -0.1) is 0 Å². The number of rotatable bonds is 7. The Labute approximate surface area is 262 Å². The second kappa shape index (κ2) is 12.5. The van der Waals surface area contributed by atoms with Crippen LogP contribution in [0.2, 0.25) is 5.02 Å². The van der Waals surface area contributed by atoms with E-state index in [1.807, 2.05) is 19.1 Å². The van der Waals surface area contributed by atoms with Crippen LogP contribution in [0.4, 0.5) is 23.4 Å². The minimum atomic E-state index is -0.0729. The minimum absolute atomic E-state index is 0.0483. The maximum absolute atomic E-state index is 12.3. The zero-order chi connectivity index (χ0) is 30.1. The number of hydrogen-bond acceptors (Lipinski definition) is 12. The van der Waals surface area contributed by atoms with Crippen LogP contribution in [0.25, 0.3) is 0 Å². The Morgan fingerprint density at radius 1 is 1.02 bits per heavy atom. The molecule has 1 saturated carbocycles. The van der Waals surface area contributed by atoms with Crippen molar-refractivity contribution in [2.45, 2.75) is 61.0 Å². The minimum Gasteiger partial charge on any atom is -0.355 e. The first-order valence-corrected chi connectivity index (χ1v) is 16.1. The number of nitrogens with two attached hydrogens (primary N) is 1. The summed E-state index contributed by atoms with van der Waals surface area (Å²) in [5.41, 5.74) is 6.40. The number of pyridine rings is 1. The fourth-order valence-electron chi connectivity index (χ4n) is 6.55. The van der Waals surface area contributed by atoms with E-state index in [0.29, 0.717) is 40.9 Å². The topological polar surface area (TPSA) is 129 Å². The van der Waals surface area contributed by atoms with Gasteiger partial charge in [0.15, 0.2) is 5.82 Å². The Morgan fingerprint density at radius 3 is 2.42 bits per heavy atom. The van der Waals surface area contributed by atoms with Crippen molar-refractivity contribution in [1.82, 2.24) is 29.8 Å². The summed E-state index contributed by atoms with van der Waals surface area (Å²) in [6.07, 6.45) is 11.6. The Hall–Kier alpha value is -3.06. The van der Waals surface area contributed by atoms with Crippen LogP contribution in [0.5, 0.6) is 0 Å². The summed E-state index contributed by atoms with van der Waals surface area (Å²) in [5, 5.41) is 4.50. The van der Waals surface area contributed by atoms with Crippen molar-refractivity contribution in [1.29, 1.82) is 0 Å². The van der Waals surface area contributed by atoms with Gasteiger partial charge >= 0.3 is 0 Å². The van der Waals surface area contributed by atoms with Crippen molar-refractivity contribution in [3.05, 3.63) is 41.9 Å². The molecule has 43 heavy (non-hydrogen) atoms. The van der Waals surface area contributed by atoms with Crippen LogP contribution in [0, 0.1) is 11.3 Å². The number of piperidine rings is 2.